The number of carbonyl (C=O) groups is 1. The Kier molecular flexibility index (Phi) is 7.36. The Bertz CT molecular complexity index is 878. The zero-order valence-corrected chi connectivity index (χ0v) is 19.7. The van der Waals surface area contributed by atoms with E-state index in [1.54, 1.807) is 0 Å². The molecule has 2 N–H and O–H groups in total. The van der Waals surface area contributed by atoms with Crippen LogP contribution in [0.5, 0.6) is 0 Å². The SMILES string of the molecule is CC(C)(CN1CCC(CNC(=O)c2cc(F)cc(C(F)(F)F)c2)CC1)N[SH](C)(=O)C1CC1. The Morgan fingerprint density at radius 3 is 2.31 bits per heavy atom. The van der Waals surface area contributed by atoms with Gasteiger partial charge in [0.05, 0.1) is 5.56 Å². The summed E-state index contributed by atoms with van der Waals surface area (Å²) in [4.78, 5) is 14.6. The van der Waals surface area contributed by atoms with Gasteiger partial charge >= 0.3 is 6.18 Å². The molecule has 0 aromatic heterocycles. The summed E-state index contributed by atoms with van der Waals surface area (Å²) in [7, 11) is -2.34. The van der Waals surface area contributed by atoms with Crippen molar-refractivity contribution in [3.63, 3.8) is 0 Å². The Balaban J connectivity index is 1.46. The van der Waals surface area contributed by atoms with Crippen LogP contribution < -0.4 is 10.0 Å². The average Bonchev–Trinajstić information content (AvgIpc) is 3.51. The average molecular weight is 480 g/mol. The van der Waals surface area contributed by atoms with Gasteiger partial charge in [0, 0.05) is 35.7 Å². The lowest BCUT2D eigenvalue weighted by Gasteiger charge is -2.40. The summed E-state index contributed by atoms with van der Waals surface area (Å²) >= 11 is 0. The van der Waals surface area contributed by atoms with Gasteiger partial charge in [-0.2, -0.15) is 13.2 Å². The lowest BCUT2D eigenvalue weighted by Crippen LogP contribution is -2.55. The summed E-state index contributed by atoms with van der Waals surface area (Å²) in [5.41, 5.74) is -1.78. The second kappa shape index (κ2) is 9.38. The van der Waals surface area contributed by atoms with Crippen molar-refractivity contribution in [2.24, 2.45) is 5.92 Å². The van der Waals surface area contributed by atoms with Crippen molar-refractivity contribution in [3.05, 3.63) is 35.1 Å². The van der Waals surface area contributed by atoms with E-state index in [0.717, 1.165) is 51.4 Å². The summed E-state index contributed by atoms with van der Waals surface area (Å²) in [6, 6.07) is 1.87. The number of amides is 1. The molecule has 0 radical (unpaired) electrons. The number of alkyl halides is 3. The van der Waals surface area contributed by atoms with Gasteiger partial charge in [-0.3, -0.25) is 13.7 Å². The molecule has 1 aliphatic carbocycles. The first-order valence-electron chi connectivity index (χ1n) is 11.0. The van der Waals surface area contributed by atoms with Crippen LogP contribution in [0.25, 0.3) is 0 Å². The smallest absolute Gasteiger partial charge is 0.352 e. The molecule has 1 aromatic carbocycles. The van der Waals surface area contributed by atoms with Crippen LogP contribution in [0, 0.1) is 11.7 Å². The summed E-state index contributed by atoms with van der Waals surface area (Å²) in [5, 5.41) is 2.95. The molecular formula is C22H33F4N3O2S. The van der Waals surface area contributed by atoms with Gasteiger partial charge in [-0.15, -0.1) is 0 Å². The molecule has 0 unspecified atom stereocenters. The fourth-order valence-electron chi connectivity index (χ4n) is 4.43. The normalized spacial score (nSPS) is 19.7. The fourth-order valence-corrected chi connectivity index (χ4v) is 7.02. The van der Waals surface area contributed by atoms with Crippen LogP contribution in [0.4, 0.5) is 17.6 Å². The number of nitrogens with zero attached hydrogens (tertiary/aromatic N) is 1. The predicted octanol–water partition coefficient (Wildman–Crippen LogP) is 3.38. The molecule has 1 aliphatic heterocycles. The number of benzene rings is 1. The van der Waals surface area contributed by atoms with Gasteiger partial charge in [0.1, 0.15) is 5.82 Å². The standard InChI is InChI=1S/C22H33F4N3O2S/c1-21(2,28-32(3,31)19-4-5-19)14-29-8-6-15(7-9-29)13-27-20(30)16-10-17(22(24,25)26)12-18(23)11-16/h10-12,15,19,32H,4-9,13-14H2,1-3H3,(H,27,30)(H,28,31). The number of rotatable bonds is 8. The van der Waals surface area contributed by atoms with Gasteiger partial charge in [-0.25, -0.2) is 4.39 Å². The number of thiol groups is 1. The molecule has 10 heteroatoms. The molecular weight excluding hydrogens is 446 g/mol. The number of likely N-dealkylation sites (tertiary alicyclic amines) is 1. The van der Waals surface area contributed by atoms with Crippen molar-refractivity contribution in [1.29, 1.82) is 0 Å². The first kappa shape index (κ1) is 25.1. The summed E-state index contributed by atoms with van der Waals surface area (Å²) < 4.78 is 68.3. The van der Waals surface area contributed by atoms with Gasteiger partial charge < -0.3 is 10.2 Å². The molecule has 1 amide bonds. The minimum absolute atomic E-state index is 0.200. The Hall–Kier alpha value is -1.52. The largest absolute Gasteiger partial charge is 0.416 e. The topological polar surface area (TPSA) is 61.4 Å². The molecule has 3 rings (SSSR count). The van der Waals surface area contributed by atoms with Gasteiger partial charge in [0.15, 0.2) is 0 Å². The van der Waals surface area contributed by atoms with Crippen molar-refractivity contribution < 1.29 is 26.6 Å². The molecule has 0 atom stereocenters. The summed E-state index contributed by atoms with van der Waals surface area (Å²) in [5.74, 6) is -1.60. The van der Waals surface area contributed by atoms with Gasteiger partial charge in [0.25, 0.3) is 5.91 Å². The molecule has 182 valence electrons. The number of hydrogen-bond donors (Lipinski definition) is 3. The highest BCUT2D eigenvalue weighted by Gasteiger charge is 2.37. The number of nitrogens with one attached hydrogen (secondary N) is 2. The molecule has 2 aliphatic rings. The predicted molar refractivity (Wildman–Crippen MR) is 119 cm³/mol. The number of carbonyl (C=O) groups excluding carboxylic acids is 1. The number of piperidine rings is 1. The van der Waals surface area contributed by atoms with Crippen molar-refractivity contribution in [2.75, 3.05) is 32.4 Å². The molecule has 0 bridgehead atoms. The van der Waals surface area contributed by atoms with Crippen LogP contribution >= 0.6 is 0 Å². The van der Waals surface area contributed by atoms with Crippen LogP contribution in [0.1, 0.15) is 55.5 Å². The number of hydrogen-bond acceptors (Lipinski definition) is 3. The molecule has 32 heavy (non-hydrogen) atoms. The highest BCUT2D eigenvalue weighted by Crippen LogP contribution is 2.32. The third-order valence-corrected chi connectivity index (χ3v) is 9.09. The monoisotopic (exact) mass is 479 g/mol. The first-order chi connectivity index (χ1) is 14.7. The fraction of sp³-hybridized carbons (Fsp3) is 0.682. The Morgan fingerprint density at radius 2 is 1.75 bits per heavy atom. The second-order valence-electron chi connectivity index (χ2n) is 9.87. The van der Waals surface area contributed by atoms with E-state index in [4.69, 9.17) is 0 Å². The Labute approximate surface area is 187 Å². The van der Waals surface area contributed by atoms with Crippen LogP contribution in [-0.2, 0) is 16.3 Å². The molecule has 0 spiro atoms. The minimum Gasteiger partial charge on any atom is -0.352 e. The van der Waals surface area contributed by atoms with Crippen molar-refractivity contribution in [2.45, 2.75) is 56.5 Å². The van der Waals surface area contributed by atoms with Crippen LogP contribution in [-0.4, -0.2) is 58.2 Å². The molecule has 5 nitrogen and oxygen atoms in total. The van der Waals surface area contributed by atoms with E-state index < -0.39 is 33.6 Å². The van der Waals surface area contributed by atoms with E-state index in [0.29, 0.717) is 23.9 Å². The zero-order valence-electron chi connectivity index (χ0n) is 18.8. The first-order valence-corrected chi connectivity index (χ1v) is 13.2. The zero-order chi connectivity index (χ0) is 23.7. The molecule has 1 saturated carbocycles. The third-order valence-electron chi connectivity index (χ3n) is 6.13. The van der Waals surface area contributed by atoms with E-state index in [1.807, 2.05) is 6.26 Å². The maximum atomic E-state index is 13.5. The van der Waals surface area contributed by atoms with E-state index >= 15 is 0 Å². The van der Waals surface area contributed by atoms with E-state index in [1.165, 1.54) is 0 Å². The number of halogens is 4. The minimum atomic E-state index is -4.71. The van der Waals surface area contributed by atoms with Crippen LogP contribution in [0.15, 0.2) is 18.2 Å². The van der Waals surface area contributed by atoms with E-state index in [-0.39, 0.29) is 17.0 Å². The summed E-state index contributed by atoms with van der Waals surface area (Å²) in [6.45, 7) is 6.86. The van der Waals surface area contributed by atoms with Gasteiger partial charge in [-0.05, 0) is 76.7 Å². The maximum Gasteiger partial charge on any atom is 0.416 e. The van der Waals surface area contributed by atoms with Gasteiger partial charge in [0.2, 0.25) is 0 Å². The highest BCUT2D eigenvalue weighted by molar-refractivity contribution is 8.01. The van der Waals surface area contributed by atoms with E-state index in [9.17, 15) is 26.6 Å². The van der Waals surface area contributed by atoms with Gasteiger partial charge in [-0.1, -0.05) is 10.1 Å². The molecule has 1 aromatic rings. The lowest BCUT2D eigenvalue weighted by molar-refractivity contribution is -0.137. The maximum absolute atomic E-state index is 13.5. The lowest BCUT2D eigenvalue weighted by atomic mass is 9.95. The van der Waals surface area contributed by atoms with Crippen LogP contribution in [0.2, 0.25) is 0 Å². The Morgan fingerprint density at radius 1 is 1.12 bits per heavy atom. The summed E-state index contributed by atoms with van der Waals surface area (Å²) in [6.07, 6.45) is 0.843. The quantitative estimate of drug-likeness (QED) is 0.396. The highest BCUT2D eigenvalue weighted by atomic mass is 32.3. The van der Waals surface area contributed by atoms with Crippen molar-refractivity contribution in [3.8, 4) is 0 Å². The third kappa shape index (κ3) is 6.99. The molecule has 1 saturated heterocycles. The molecule has 1 heterocycles. The molecule has 2 fully saturated rings. The second-order valence-corrected chi connectivity index (χ2v) is 12.8. The van der Waals surface area contributed by atoms with Crippen molar-refractivity contribution in [1.82, 2.24) is 14.9 Å². The van der Waals surface area contributed by atoms with Crippen molar-refractivity contribution >= 4 is 16.0 Å². The van der Waals surface area contributed by atoms with E-state index in [2.05, 4.69) is 28.8 Å². The van der Waals surface area contributed by atoms with Crippen LogP contribution in [0.3, 0.4) is 0 Å².